The molecule has 3 nitrogen and oxygen atoms in total. The van der Waals surface area contributed by atoms with E-state index in [1.165, 1.54) is 17.8 Å². The molecule has 0 unspecified atom stereocenters. The van der Waals surface area contributed by atoms with E-state index in [0.29, 0.717) is 23.5 Å². The summed E-state index contributed by atoms with van der Waals surface area (Å²) >= 11 is 1.25. The van der Waals surface area contributed by atoms with Gasteiger partial charge in [-0.25, -0.2) is 4.39 Å². The van der Waals surface area contributed by atoms with Crippen molar-refractivity contribution in [3.8, 4) is 0 Å². The summed E-state index contributed by atoms with van der Waals surface area (Å²) in [4.78, 5) is 12.3. The van der Waals surface area contributed by atoms with E-state index in [1.807, 2.05) is 13.2 Å². The first-order chi connectivity index (χ1) is 9.15. The molecule has 5 heteroatoms. The van der Waals surface area contributed by atoms with Crippen LogP contribution in [0.25, 0.3) is 0 Å². The minimum atomic E-state index is -0.271. The number of aromatic nitrogens is 2. The van der Waals surface area contributed by atoms with Gasteiger partial charge in [-0.2, -0.15) is 5.10 Å². The summed E-state index contributed by atoms with van der Waals surface area (Å²) in [5, 5.41) is 4.05. The number of Topliss-reactive ketones (excluding diaryl/α,β-unsaturated/α-hetero) is 1. The fourth-order valence-electron chi connectivity index (χ4n) is 1.68. The summed E-state index contributed by atoms with van der Waals surface area (Å²) in [5.74, 6) is 0.158. The van der Waals surface area contributed by atoms with Gasteiger partial charge in [0, 0.05) is 24.6 Å². The molecule has 0 aliphatic carbocycles. The zero-order chi connectivity index (χ0) is 13.7. The molecule has 0 fully saturated rings. The Morgan fingerprint density at radius 1 is 1.42 bits per heavy atom. The maximum atomic E-state index is 13.4. The summed E-state index contributed by atoms with van der Waals surface area (Å²) < 4.78 is 15.1. The average Bonchev–Trinajstić information content (AvgIpc) is 2.81. The summed E-state index contributed by atoms with van der Waals surface area (Å²) in [5.41, 5.74) is 1.05. The number of benzene rings is 1. The highest BCUT2D eigenvalue weighted by Gasteiger charge is 2.07. The Balaban J connectivity index is 1.77. The van der Waals surface area contributed by atoms with Crippen LogP contribution in [0.5, 0.6) is 0 Å². The Hall–Kier alpha value is -1.62. The highest BCUT2D eigenvalue weighted by Crippen LogP contribution is 2.21. The zero-order valence-electron chi connectivity index (χ0n) is 10.7. The maximum absolute atomic E-state index is 13.4. The van der Waals surface area contributed by atoms with Gasteiger partial charge in [0.05, 0.1) is 11.9 Å². The van der Waals surface area contributed by atoms with Crippen molar-refractivity contribution in [2.45, 2.75) is 17.7 Å². The molecule has 1 aromatic heterocycles. The molecule has 2 aromatic rings. The summed E-state index contributed by atoms with van der Waals surface area (Å²) in [6.45, 7) is 0. The monoisotopic (exact) mass is 278 g/mol. The van der Waals surface area contributed by atoms with E-state index in [1.54, 1.807) is 29.1 Å². The van der Waals surface area contributed by atoms with Crippen molar-refractivity contribution in [2.24, 2.45) is 7.05 Å². The first kappa shape index (κ1) is 13.8. The fourth-order valence-corrected chi connectivity index (χ4v) is 2.52. The lowest BCUT2D eigenvalue weighted by Gasteiger charge is -2.02. The van der Waals surface area contributed by atoms with Crippen LogP contribution in [0.4, 0.5) is 4.39 Å². The molecule has 1 heterocycles. The third-order valence-electron chi connectivity index (χ3n) is 2.68. The number of hydrogen-bond acceptors (Lipinski definition) is 3. The molecule has 0 saturated heterocycles. The average molecular weight is 278 g/mol. The second-order valence-corrected chi connectivity index (χ2v) is 5.30. The zero-order valence-corrected chi connectivity index (χ0v) is 11.5. The van der Waals surface area contributed by atoms with Crippen molar-refractivity contribution in [1.29, 1.82) is 0 Å². The first-order valence-corrected chi connectivity index (χ1v) is 7.00. The van der Waals surface area contributed by atoms with E-state index >= 15 is 0 Å². The van der Waals surface area contributed by atoms with Crippen LogP contribution in [-0.2, 0) is 18.3 Å². The van der Waals surface area contributed by atoms with Crippen molar-refractivity contribution < 1.29 is 9.18 Å². The third-order valence-corrected chi connectivity index (χ3v) is 3.78. The van der Waals surface area contributed by atoms with Gasteiger partial charge in [-0.15, -0.1) is 11.8 Å². The summed E-state index contributed by atoms with van der Waals surface area (Å²) in [7, 11) is 1.85. The molecule has 0 spiro atoms. The molecule has 2 rings (SSSR count). The molecule has 0 amide bonds. The molecule has 1 aromatic carbocycles. The Bertz CT molecular complexity index is 568. The number of halogens is 1. The van der Waals surface area contributed by atoms with Crippen LogP contribution >= 0.6 is 11.8 Å². The molecule has 0 aliphatic heterocycles. The molecular formula is C14H15FN2OS. The minimum absolute atomic E-state index is 0.122. The van der Waals surface area contributed by atoms with Crippen LogP contribution in [0.1, 0.15) is 12.0 Å². The van der Waals surface area contributed by atoms with E-state index in [-0.39, 0.29) is 11.6 Å². The lowest BCUT2D eigenvalue weighted by molar-refractivity contribution is -0.116. The molecule has 0 N–H and O–H groups in total. The predicted octanol–water partition coefficient (Wildman–Crippen LogP) is 2.85. The largest absolute Gasteiger partial charge is 0.299 e. The molecular weight excluding hydrogens is 263 g/mol. The Labute approximate surface area is 115 Å². The van der Waals surface area contributed by atoms with Gasteiger partial charge in [0.15, 0.2) is 0 Å². The van der Waals surface area contributed by atoms with Crippen LogP contribution in [0, 0.1) is 5.82 Å². The van der Waals surface area contributed by atoms with Gasteiger partial charge in [0.1, 0.15) is 11.6 Å². The van der Waals surface area contributed by atoms with Gasteiger partial charge in [0.2, 0.25) is 0 Å². The lowest BCUT2D eigenvalue weighted by atomic mass is 10.1. The Kier molecular flexibility index (Phi) is 4.74. The van der Waals surface area contributed by atoms with Crippen LogP contribution in [0.3, 0.4) is 0 Å². The molecule has 100 valence electrons. The number of thioether (sulfide) groups is 1. The number of carbonyl (C=O) groups excluding carboxylic acids is 1. The Morgan fingerprint density at radius 3 is 2.89 bits per heavy atom. The second-order valence-electron chi connectivity index (χ2n) is 4.28. The van der Waals surface area contributed by atoms with Crippen molar-refractivity contribution >= 4 is 17.5 Å². The molecule has 0 bridgehead atoms. The fraction of sp³-hybridized carbons (Fsp3) is 0.286. The van der Waals surface area contributed by atoms with Crippen LogP contribution in [0.2, 0.25) is 0 Å². The van der Waals surface area contributed by atoms with E-state index in [0.717, 1.165) is 5.56 Å². The van der Waals surface area contributed by atoms with Gasteiger partial charge in [-0.1, -0.05) is 12.1 Å². The molecule has 19 heavy (non-hydrogen) atoms. The van der Waals surface area contributed by atoms with Crippen molar-refractivity contribution in [3.63, 3.8) is 0 Å². The highest BCUT2D eigenvalue weighted by atomic mass is 32.2. The summed E-state index contributed by atoms with van der Waals surface area (Å²) in [6.07, 6.45) is 4.81. The highest BCUT2D eigenvalue weighted by molar-refractivity contribution is 8.00. The number of nitrogens with zero attached hydrogens (tertiary/aromatic N) is 2. The van der Waals surface area contributed by atoms with Crippen LogP contribution in [0.15, 0.2) is 41.6 Å². The van der Waals surface area contributed by atoms with Gasteiger partial charge >= 0.3 is 0 Å². The summed E-state index contributed by atoms with van der Waals surface area (Å²) in [6, 6.07) is 6.51. The quantitative estimate of drug-likeness (QED) is 0.762. The minimum Gasteiger partial charge on any atom is -0.299 e. The molecule has 0 atom stereocenters. The number of ketones is 1. The molecule has 0 aliphatic rings. The van der Waals surface area contributed by atoms with Crippen molar-refractivity contribution in [1.82, 2.24) is 9.78 Å². The predicted molar refractivity (Wildman–Crippen MR) is 73.7 cm³/mol. The third kappa shape index (κ3) is 4.21. The maximum Gasteiger partial charge on any atom is 0.143 e. The molecule has 0 radical (unpaired) electrons. The van der Waals surface area contributed by atoms with Gasteiger partial charge in [-0.05, 0) is 24.1 Å². The van der Waals surface area contributed by atoms with E-state index in [2.05, 4.69) is 5.10 Å². The van der Waals surface area contributed by atoms with Gasteiger partial charge in [0.25, 0.3) is 0 Å². The number of carbonyl (C=O) groups is 1. The van der Waals surface area contributed by atoms with Crippen LogP contribution < -0.4 is 0 Å². The van der Waals surface area contributed by atoms with E-state index in [9.17, 15) is 9.18 Å². The van der Waals surface area contributed by atoms with Gasteiger partial charge in [-0.3, -0.25) is 9.48 Å². The van der Waals surface area contributed by atoms with Crippen LogP contribution in [-0.4, -0.2) is 21.3 Å². The SMILES string of the molecule is Cn1cc(CCC(=O)CSc2ccccc2F)cn1. The number of rotatable bonds is 6. The molecule has 0 saturated carbocycles. The van der Waals surface area contributed by atoms with Gasteiger partial charge < -0.3 is 0 Å². The topological polar surface area (TPSA) is 34.9 Å². The Morgan fingerprint density at radius 2 is 2.21 bits per heavy atom. The first-order valence-electron chi connectivity index (χ1n) is 6.01. The normalized spacial score (nSPS) is 10.6. The lowest BCUT2D eigenvalue weighted by Crippen LogP contribution is -2.03. The standard InChI is InChI=1S/C14H15FN2OS/c1-17-9-11(8-16-17)6-7-12(18)10-19-14-5-3-2-4-13(14)15/h2-5,8-9H,6-7,10H2,1H3. The number of hydrogen-bond donors (Lipinski definition) is 0. The number of aryl methyl sites for hydroxylation is 2. The van der Waals surface area contributed by atoms with Crippen molar-refractivity contribution in [3.05, 3.63) is 48.0 Å². The second kappa shape index (κ2) is 6.52. The van der Waals surface area contributed by atoms with E-state index < -0.39 is 0 Å². The smallest absolute Gasteiger partial charge is 0.143 e. The van der Waals surface area contributed by atoms with Crippen molar-refractivity contribution in [2.75, 3.05) is 5.75 Å². The van der Waals surface area contributed by atoms with E-state index in [4.69, 9.17) is 0 Å².